The maximum absolute atomic E-state index is 11.2. The summed E-state index contributed by atoms with van der Waals surface area (Å²) in [6.45, 7) is 2.97. The van der Waals surface area contributed by atoms with Crippen molar-refractivity contribution in [3.63, 3.8) is 0 Å². The zero-order chi connectivity index (χ0) is 11.5. The van der Waals surface area contributed by atoms with Crippen molar-refractivity contribution < 1.29 is 9.53 Å². The predicted octanol–water partition coefficient (Wildman–Crippen LogP) is 1.93. The smallest absolute Gasteiger partial charge is 0.220 e. The molecule has 0 aromatic heterocycles. The lowest BCUT2D eigenvalue weighted by Crippen LogP contribution is -2.16. The first-order valence-corrected chi connectivity index (χ1v) is 5.61. The molecular weight excluding hydrogens is 202 g/mol. The summed E-state index contributed by atoms with van der Waals surface area (Å²) in [6.07, 6.45) is 0.646. The van der Waals surface area contributed by atoms with Gasteiger partial charge in [0.2, 0.25) is 5.91 Å². The first-order valence-electron chi connectivity index (χ1n) is 5.61. The molecule has 0 spiro atoms. The second kappa shape index (κ2) is 4.56. The Morgan fingerprint density at radius 3 is 2.56 bits per heavy atom. The largest absolute Gasteiger partial charge is 0.497 e. The third-order valence-electron chi connectivity index (χ3n) is 3.36. The number of rotatable bonds is 3. The van der Waals surface area contributed by atoms with E-state index in [9.17, 15) is 4.79 Å². The number of carbonyl (C=O) groups is 1. The van der Waals surface area contributed by atoms with Gasteiger partial charge in [0.25, 0.3) is 0 Å². The standard InChI is InChI=1S/C13H17NO2/c1-9(11-7-13(15)14-8-11)10-3-5-12(16-2)6-4-10/h3-6,9,11H,7-8H2,1-2H3,(H,14,15)/t9-,11-/m0/s1. The molecule has 0 radical (unpaired) electrons. The van der Waals surface area contributed by atoms with E-state index in [0.29, 0.717) is 18.3 Å². The Kier molecular flexibility index (Phi) is 3.13. The Morgan fingerprint density at radius 2 is 2.06 bits per heavy atom. The number of hydrogen-bond acceptors (Lipinski definition) is 2. The molecule has 1 aromatic rings. The zero-order valence-electron chi connectivity index (χ0n) is 9.69. The Hall–Kier alpha value is -1.51. The van der Waals surface area contributed by atoms with E-state index < -0.39 is 0 Å². The Labute approximate surface area is 95.8 Å². The minimum absolute atomic E-state index is 0.172. The van der Waals surface area contributed by atoms with Crippen LogP contribution in [0.5, 0.6) is 5.75 Å². The summed E-state index contributed by atoms with van der Waals surface area (Å²) in [5.74, 6) is 1.87. The molecule has 1 amide bonds. The van der Waals surface area contributed by atoms with Gasteiger partial charge in [0.15, 0.2) is 0 Å². The molecule has 3 nitrogen and oxygen atoms in total. The molecule has 1 aliphatic rings. The van der Waals surface area contributed by atoms with Crippen molar-refractivity contribution in [2.45, 2.75) is 19.3 Å². The third kappa shape index (κ3) is 2.18. The van der Waals surface area contributed by atoms with E-state index in [-0.39, 0.29) is 5.91 Å². The number of benzene rings is 1. The molecule has 1 N–H and O–H groups in total. The van der Waals surface area contributed by atoms with Gasteiger partial charge in [-0.25, -0.2) is 0 Å². The molecule has 3 heteroatoms. The summed E-state index contributed by atoms with van der Waals surface area (Å²) in [6, 6.07) is 8.09. The molecule has 0 saturated carbocycles. The van der Waals surface area contributed by atoms with Gasteiger partial charge in [0.05, 0.1) is 7.11 Å². The molecule has 16 heavy (non-hydrogen) atoms. The SMILES string of the molecule is COc1ccc([C@H](C)[C@@H]2CNC(=O)C2)cc1. The molecule has 0 aliphatic carbocycles. The van der Waals surface area contributed by atoms with Gasteiger partial charge in [0, 0.05) is 13.0 Å². The summed E-state index contributed by atoms with van der Waals surface area (Å²) in [7, 11) is 1.66. The lowest BCUT2D eigenvalue weighted by molar-refractivity contribution is -0.119. The van der Waals surface area contributed by atoms with Gasteiger partial charge in [0.1, 0.15) is 5.75 Å². The fourth-order valence-corrected chi connectivity index (χ4v) is 2.16. The van der Waals surface area contributed by atoms with Gasteiger partial charge < -0.3 is 10.1 Å². The third-order valence-corrected chi connectivity index (χ3v) is 3.36. The summed E-state index contributed by atoms with van der Waals surface area (Å²) < 4.78 is 5.12. The average Bonchev–Trinajstić information content (AvgIpc) is 2.75. The van der Waals surface area contributed by atoms with Gasteiger partial charge >= 0.3 is 0 Å². The van der Waals surface area contributed by atoms with Crippen LogP contribution >= 0.6 is 0 Å². The Balaban J connectivity index is 2.08. The number of ether oxygens (including phenoxy) is 1. The number of methoxy groups -OCH3 is 1. The van der Waals surface area contributed by atoms with Crippen LogP contribution in [-0.4, -0.2) is 19.6 Å². The van der Waals surface area contributed by atoms with Crippen molar-refractivity contribution in [2.75, 3.05) is 13.7 Å². The maximum atomic E-state index is 11.2. The molecule has 2 atom stereocenters. The minimum atomic E-state index is 0.172. The molecular formula is C13H17NO2. The fourth-order valence-electron chi connectivity index (χ4n) is 2.16. The van der Waals surface area contributed by atoms with Crippen molar-refractivity contribution in [3.05, 3.63) is 29.8 Å². The number of hydrogen-bond donors (Lipinski definition) is 1. The van der Waals surface area contributed by atoms with Crippen molar-refractivity contribution in [2.24, 2.45) is 5.92 Å². The zero-order valence-corrected chi connectivity index (χ0v) is 9.69. The Morgan fingerprint density at radius 1 is 1.38 bits per heavy atom. The molecule has 0 unspecified atom stereocenters. The van der Waals surface area contributed by atoms with Crippen LogP contribution in [0.25, 0.3) is 0 Å². The van der Waals surface area contributed by atoms with Gasteiger partial charge in [-0.2, -0.15) is 0 Å². The van der Waals surface area contributed by atoms with E-state index in [1.54, 1.807) is 7.11 Å². The first-order chi connectivity index (χ1) is 7.70. The maximum Gasteiger partial charge on any atom is 0.220 e. The molecule has 0 bridgehead atoms. The van der Waals surface area contributed by atoms with E-state index >= 15 is 0 Å². The first kappa shape index (κ1) is 11.0. The quantitative estimate of drug-likeness (QED) is 0.843. The monoisotopic (exact) mass is 219 g/mol. The average molecular weight is 219 g/mol. The Bertz CT molecular complexity index is 372. The van der Waals surface area contributed by atoms with Crippen molar-refractivity contribution >= 4 is 5.91 Å². The molecule has 1 fully saturated rings. The number of amides is 1. The predicted molar refractivity (Wildman–Crippen MR) is 62.5 cm³/mol. The van der Waals surface area contributed by atoms with E-state index in [0.717, 1.165) is 12.3 Å². The van der Waals surface area contributed by atoms with E-state index in [4.69, 9.17) is 4.74 Å². The molecule has 1 aromatic carbocycles. The highest BCUT2D eigenvalue weighted by Gasteiger charge is 2.27. The van der Waals surface area contributed by atoms with Gasteiger partial charge in [-0.3, -0.25) is 4.79 Å². The van der Waals surface area contributed by atoms with Crippen LogP contribution in [0, 0.1) is 5.92 Å². The highest BCUT2D eigenvalue weighted by atomic mass is 16.5. The van der Waals surface area contributed by atoms with Crippen LogP contribution in [0.15, 0.2) is 24.3 Å². The van der Waals surface area contributed by atoms with Crippen molar-refractivity contribution in [1.82, 2.24) is 5.32 Å². The topological polar surface area (TPSA) is 38.3 Å². The summed E-state index contributed by atoms with van der Waals surface area (Å²) in [5.41, 5.74) is 1.27. The number of carbonyl (C=O) groups excluding carboxylic acids is 1. The highest BCUT2D eigenvalue weighted by molar-refractivity contribution is 5.78. The van der Waals surface area contributed by atoms with Crippen molar-refractivity contribution in [3.8, 4) is 5.75 Å². The molecule has 1 aliphatic heterocycles. The molecule has 1 heterocycles. The normalized spacial score (nSPS) is 21.6. The molecule has 86 valence electrons. The van der Waals surface area contributed by atoms with Crippen LogP contribution in [0.2, 0.25) is 0 Å². The van der Waals surface area contributed by atoms with Gasteiger partial charge in [-0.1, -0.05) is 19.1 Å². The van der Waals surface area contributed by atoms with E-state index in [1.165, 1.54) is 5.56 Å². The minimum Gasteiger partial charge on any atom is -0.497 e. The highest BCUT2D eigenvalue weighted by Crippen LogP contribution is 2.29. The van der Waals surface area contributed by atoms with Crippen LogP contribution in [0.4, 0.5) is 0 Å². The van der Waals surface area contributed by atoms with Gasteiger partial charge in [-0.15, -0.1) is 0 Å². The fraction of sp³-hybridized carbons (Fsp3) is 0.462. The van der Waals surface area contributed by atoms with E-state index in [2.05, 4.69) is 24.4 Å². The van der Waals surface area contributed by atoms with Crippen molar-refractivity contribution in [1.29, 1.82) is 0 Å². The lowest BCUT2D eigenvalue weighted by atomic mass is 9.87. The van der Waals surface area contributed by atoms with Crippen LogP contribution in [0.1, 0.15) is 24.8 Å². The summed E-state index contributed by atoms with van der Waals surface area (Å²) >= 11 is 0. The second-order valence-corrected chi connectivity index (χ2v) is 4.33. The van der Waals surface area contributed by atoms with Crippen LogP contribution in [0.3, 0.4) is 0 Å². The van der Waals surface area contributed by atoms with Crippen LogP contribution in [-0.2, 0) is 4.79 Å². The second-order valence-electron chi connectivity index (χ2n) is 4.33. The summed E-state index contributed by atoms with van der Waals surface area (Å²) in [5, 5.41) is 2.88. The summed E-state index contributed by atoms with van der Waals surface area (Å²) in [4.78, 5) is 11.2. The lowest BCUT2D eigenvalue weighted by Gasteiger charge is -2.17. The van der Waals surface area contributed by atoms with E-state index in [1.807, 2.05) is 12.1 Å². The number of nitrogens with one attached hydrogen (secondary N) is 1. The molecule has 1 saturated heterocycles. The van der Waals surface area contributed by atoms with Crippen LogP contribution < -0.4 is 10.1 Å². The van der Waals surface area contributed by atoms with Gasteiger partial charge in [-0.05, 0) is 29.5 Å². The molecule has 2 rings (SSSR count).